The molecule has 2 aromatic heterocycles. The van der Waals surface area contributed by atoms with E-state index in [0.717, 1.165) is 12.1 Å². The molecule has 32 heavy (non-hydrogen) atoms. The third-order valence-electron chi connectivity index (χ3n) is 4.62. The summed E-state index contributed by atoms with van der Waals surface area (Å²) in [7, 11) is 0. The van der Waals surface area contributed by atoms with Crippen LogP contribution < -0.4 is 15.6 Å². The van der Waals surface area contributed by atoms with Crippen LogP contribution >= 0.6 is 15.9 Å². The number of halogens is 3. The van der Waals surface area contributed by atoms with Crippen LogP contribution in [0.2, 0.25) is 0 Å². The summed E-state index contributed by atoms with van der Waals surface area (Å²) in [6.45, 7) is 1.69. The van der Waals surface area contributed by atoms with Gasteiger partial charge >= 0.3 is 0 Å². The lowest BCUT2D eigenvalue weighted by molar-refractivity contribution is 0.0944. The maximum absolute atomic E-state index is 13.8. The summed E-state index contributed by atoms with van der Waals surface area (Å²) in [6.07, 6.45) is 1.40. The first-order valence-corrected chi connectivity index (χ1v) is 10.4. The van der Waals surface area contributed by atoms with Crippen molar-refractivity contribution in [1.29, 1.82) is 0 Å². The van der Waals surface area contributed by atoms with Gasteiger partial charge in [-0.2, -0.15) is 0 Å². The second-order valence-corrected chi connectivity index (χ2v) is 7.69. The molecule has 0 aliphatic carbocycles. The molecular weight excluding hydrogens is 488 g/mol. The monoisotopic (exact) mass is 507 g/mol. The van der Waals surface area contributed by atoms with Crippen LogP contribution in [0.1, 0.15) is 27.3 Å². The second-order valence-electron chi connectivity index (χ2n) is 6.90. The van der Waals surface area contributed by atoms with Crippen LogP contribution in [-0.2, 0) is 13.2 Å². The number of aromatic nitrogens is 2. The number of aryl methyl sites for hydroxylation is 1. The third kappa shape index (κ3) is 5.57. The number of ether oxygens (including phenoxy) is 1. The predicted octanol–water partition coefficient (Wildman–Crippen LogP) is 2.94. The number of amides is 1. The van der Waals surface area contributed by atoms with Crippen molar-refractivity contribution in [2.24, 2.45) is 0 Å². The van der Waals surface area contributed by atoms with Crippen LogP contribution in [0.5, 0.6) is 5.75 Å². The van der Waals surface area contributed by atoms with E-state index in [9.17, 15) is 18.4 Å². The summed E-state index contributed by atoms with van der Waals surface area (Å²) < 4.78 is 34.1. The van der Waals surface area contributed by atoms with E-state index in [1.807, 2.05) is 0 Å². The van der Waals surface area contributed by atoms with Crippen molar-refractivity contribution < 1.29 is 23.4 Å². The molecule has 7 nitrogen and oxygen atoms in total. The second kappa shape index (κ2) is 10.5. The first-order valence-electron chi connectivity index (χ1n) is 9.60. The van der Waals surface area contributed by atoms with Gasteiger partial charge in [0.2, 0.25) is 0 Å². The molecule has 0 atom stereocenters. The zero-order chi connectivity index (χ0) is 23.3. The van der Waals surface area contributed by atoms with Gasteiger partial charge in [0.25, 0.3) is 11.5 Å². The fourth-order valence-corrected chi connectivity index (χ4v) is 3.34. The van der Waals surface area contributed by atoms with Crippen LogP contribution in [-0.4, -0.2) is 33.7 Å². The van der Waals surface area contributed by atoms with Gasteiger partial charge in [-0.15, -0.1) is 0 Å². The van der Waals surface area contributed by atoms with Crippen LogP contribution in [0.25, 0.3) is 0 Å². The SMILES string of the molecule is Cc1cc(OCc2ccc(F)cc2F)c(Br)c(=O)n1Cc1ccc(C(=O)NCCO)cn1. The lowest BCUT2D eigenvalue weighted by atomic mass is 10.2. The van der Waals surface area contributed by atoms with Gasteiger partial charge in [0.15, 0.2) is 0 Å². The Kier molecular flexibility index (Phi) is 7.70. The molecule has 3 aromatic rings. The highest BCUT2D eigenvalue weighted by atomic mass is 79.9. The average Bonchev–Trinajstić information content (AvgIpc) is 2.78. The molecule has 0 aliphatic heterocycles. The number of nitrogens with one attached hydrogen (secondary N) is 1. The standard InChI is InChI=1S/C22H20BrF2N3O4/c1-13-8-19(32-12-15-2-4-16(24)9-18(15)25)20(23)22(31)28(13)11-17-5-3-14(10-27-17)21(30)26-6-7-29/h2-5,8-10,29H,6-7,11-12H2,1H3,(H,26,30). The molecule has 0 unspecified atom stereocenters. The van der Waals surface area contributed by atoms with E-state index in [2.05, 4.69) is 26.2 Å². The number of aliphatic hydroxyl groups is 1. The topological polar surface area (TPSA) is 93.5 Å². The molecule has 0 radical (unpaired) electrons. The highest BCUT2D eigenvalue weighted by molar-refractivity contribution is 9.10. The maximum atomic E-state index is 13.8. The zero-order valence-corrected chi connectivity index (χ0v) is 18.7. The first-order chi connectivity index (χ1) is 15.3. The number of carbonyl (C=O) groups is 1. The Morgan fingerprint density at radius 1 is 1.25 bits per heavy atom. The molecule has 2 heterocycles. The van der Waals surface area contributed by atoms with E-state index >= 15 is 0 Å². The van der Waals surface area contributed by atoms with Crippen molar-refractivity contribution in [3.63, 3.8) is 0 Å². The van der Waals surface area contributed by atoms with E-state index in [1.165, 1.54) is 16.8 Å². The molecule has 2 N–H and O–H groups in total. The fraction of sp³-hybridized carbons (Fsp3) is 0.227. The number of hydrogen-bond acceptors (Lipinski definition) is 5. The van der Waals surface area contributed by atoms with Crippen molar-refractivity contribution in [3.05, 3.63) is 91.6 Å². The summed E-state index contributed by atoms with van der Waals surface area (Å²) in [6, 6.07) is 8.03. The number of benzene rings is 1. The number of carbonyl (C=O) groups excluding carboxylic acids is 1. The lowest BCUT2D eigenvalue weighted by Crippen LogP contribution is -2.27. The molecule has 1 amide bonds. The lowest BCUT2D eigenvalue weighted by Gasteiger charge is -2.15. The van der Waals surface area contributed by atoms with Gasteiger partial charge in [0.1, 0.15) is 28.5 Å². The number of nitrogens with zero attached hydrogens (tertiary/aromatic N) is 2. The van der Waals surface area contributed by atoms with E-state index in [0.29, 0.717) is 17.0 Å². The minimum atomic E-state index is -0.731. The highest BCUT2D eigenvalue weighted by Gasteiger charge is 2.14. The molecule has 3 rings (SSSR count). The van der Waals surface area contributed by atoms with Crippen molar-refractivity contribution in [2.45, 2.75) is 20.1 Å². The first kappa shape index (κ1) is 23.6. The smallest absolute Gasteiger partial charge is 0.269 e. The molecule has 168 valence electrons. The zero-order valence-electron chi connectivity index (χ0n) is 17.1. The van der Waals surface area contributed by atoms with Crippen LogP contribution in [0.3, 0.4) is 0 Å². The Hall–Kier alpha value is -3.11. The predicted molar refractivity (Wildman–Crippen MR) is 117 cm³/mol. The Morgan fingerprint density at radius 2 is 2.03 bits per heavy atom. The number of hydrogen-bond donors (Lipinski definition) is 2. The summed E-state index contributed by atoms with van der Waals surface area (Å²) in [4.78, 5) is 28.9. The van der Waals surface area contributed by atoms with Crippen molar-refractivity contribution in [2.75, 3.05) is 13.2 Å². The van der Waals surface area contributed by atoms with Crippen LogP contribution in [0, 0.1) is 18.6 Å². The maximum Gasteiger partial charge on any atom is 0.269 e. The molecule has 0 bridgehead atoms. The Labute approximate surface area is 190 Å². The Balaban J connectivity index is 1.75. The molecular formula is C22H20BrF2N3O4. The van der Waals surface area contributed by atoms with Gasteiger partial charge in [-0.1, -0.05) is 0 Å². The average molecular weight is 508 g/mol. The third-order valence-corrected chi connectivity index (χ3v) is 5.35. The van der Waals surface area contributed by atoms with Gasteiger partial charge in [0.05, 0.1) is 24.4 Å². The highest BCUT2D eigenvalue weighted by Crippen LogP contribution is 2.24. The summed E-state index contributed by atoms with van der Waals surface area (Å²) in [5.74, 6) is -1.53. The van der Waals surface area contributed by atoms with Crippen LogP contribution in [0.4, 0.5) is 8.78 Å². The summed E-state index contributed by atoms with van der Waals surface area (Å²) in [5.41, 5.74) is 1.27. The summed E-state index contributed by atoms with van der Waals surface area (Å²) >= 11 is 3.23. The van der Waals surface area contributed by atoms with Gasteiger partial charge in [0, 0.05) is 36.1 Å². The number of rotatable bonds is 8. The van der Waals surface area contributed by atoms with Crippen LogP contribution in [0.15, 0.2) is 51.9 Å². The fourth-order valence-electron chi connectivity index (χ4n) is 2.90. The Morgan fingerprint density at radius 3 is 2.69 bits per heavy atom. The minimum Gasteiger partial charge on any atom is -0.487 e. The van der Waals surface area contributed by atoms with Gasteiger partial charge < -0.3 is 19.7 Å². The van der Waals surface area contributed by atoms with E-state index in [4.69, 9.17) is 9.84 Å². The van der Waals surface area contributed by atoms with E-state index in [-0.39, 0.29) is 53.6 Å². The number of aliphatic hydroxyl groups excluding tert-OH is 1. The number of pyridine rings is 2. The minimum absolute atomic E-state index is 0.144. The van der Waals surface area contributed by atoms with Gasteiger partial charge in [-0.25, -0.2) is 8.78 Å². The summed E-state index contributed by atoms with van der Waals surface area (Å²) in [5, 5.41) is 11.3. The largest absolute Gasteiger partial charge is 0.487 e. The molecule has 0 spiro atoms. The van der Waals surface area contributed by atoms with E-state index in [1.54, 1.807) is 25.1 Å². The molecule has 0 fully saturated rings. The molecule has 10 heteroatoms. The van der Waals surface area contributed by atoms with Crippen molar-refractivity contribution >= 4 is 21.8 Å². The molecule has 0 saturated heterocycles. The van der Waals surface area contributed by atoms with Crippen molar-refractivity contribution in [3.8, 4) is 5.75 Å². The van der Waals surface area contributed by atoms with Crippen molar-refractivity contribution in [1.82, 2.24) is 14.9 Å². The molecule has 0 saturated carbocycles. The Bertz CT molecular complexity index is 1180. The van der Waals surface area contributed by atoms with Gasteiger partial charge in [-0.3, -0.25) is 14.6 Å². The van der Waals surface area contributed by atoms with Gasteiger partial charge in [-0.05, 0) is 47.1 Å². The molecule has 0 aliphatic rings. The quantitative estimate of drug-likeness (QED) is 0.488. The normalized spacial score (nSPS) is 10.8. The van der Waals surface area contributed by atoms with E-state index < -0.39 is 11.6 Å². The molecule has 1 aromatic carbocycles.